The number of aromatic hydroxyl groups is 2. The van der Waals surface area contributed by atoms with Gasteiger partial charge in [0.1, 0.15) is 5.69 Å². The number of hydrogen-bond donors (Lipinski definition) is 4. The van der Waals surface area contributed by atoms with Gasteiger partial charge in [0.05, 0.1) is 4.90 Å². The Morgan fingerprint density at radius 2 is 1.74 bits per heavy atom. The van der Waals surface area contributed by atoms with Crippen LogP contribution in [0.1, 0.15) is 6.92 Å². The van der Waals surface area contributed by atoms with Crippen molar-refractivity contribution >= 4 is 38.3 Å². The molecule has 140 valence electrons. The van der Waals surface area contributed by atoms with Gasteiger partial charge in [-0.25, -0.2) is 13.2 Å². The Kier molecular flexibility index (Phi) is 4.50. The Labute approximate surface area is 152 Å². The molecule has 10 heteroatoms. The quantitative estimate of drug-likeness (QED) is 0.393. The van der Waals surface area contributed by atoms with Gasteiger partial charge < -0.3 is 19.9 Å². The lowest BCUT2D eigenvalue weighted by atomic mass is 10.2. The molecule has 1 heterocycles. The van der Waals surface area contributed by atoms with Crippen LogP contribution < -0.4 is 15.7 Å². The summed E-state index contributed by atoms with van der Waals surface area (Å²) in [5, 5.41) is 21.9. The number of carbonyl (C=O) groups is 1. The molecule has 0 unspecified atom stereocenters. The van der Waals surface area contributed by atoms with Gasteiger partial charge in [0.15, 0.2) is 11.3 Å². The molecule has 0 atom stereocenters. The first-order valence-corrected chi connectivity index (χ1v) is 9.05. The number of sulfonamides is 1. The van der Waals surface area contributed by atoms with Crippen molar-refractivity contribution in [3.8, 4) is 11.5 Å². The van der Waals surface area contributed by atoms with Crippen LogP contribution >= 0.6 is 0 Å². The standard InChI is InChI=1S/C17H14N2O7S/c1-9(20)18-11-3-5-12(6-4-11)27(24,25)19-13-8-10-2-7-14(21)15(22)16(10)26-17(13)23/h2-8,19,21-22H,1H3,(H,18,20). The van der Waals surface area contributed by atoms with E-state index in [0.29, 0.717) is 5.69 Å². The summed E-state index contributed by atoms with van der Waals surface area (Å²) >= 11 is 0. The van der Waals surface area contributed by atoms with E-state index in [1.165, 1.54) is 49.4 Å². The number of amides is 1. The number of nitrogens with one attached hydrogen (secondary N) is 2. The molecular formula is C17H14N2O7S. The van der Waals surface area contributed by atoms with Crippen LogP contribution in [0.2, 0.25) is 0 Å². The van der Waals surface area contributed by atoms with Crippen LogP contribution in [0, 0.1) is 0 Å². The summed E-state index contributed by atoms with van der Waals surface area (Å²) in [6.45, 7) is 1.32. The molecular weight excluding hydrogens is 376 g/mol. The first-order valence-electron chi connectivity index (χ1n) is 7.56. The summed E-state index contributed by atoms with van der Waals surface area (Å²) in [6, 6.07) is 9.05. The minimum Gasteiger partial charge on any atom is -0.504 e. The molecule has 0 spiro atoms. The fourth-order valence-corrected chi connectivity index (χ4v) is 3.40. The molecule has 0 aliphatic rings. The molecule has 1 amide bonds. The normalized spacial score (nSPS) is 11.3. The number of phenolic OH excluding ortho intramolecular Hbond substituents is 2. The molecule has 0 saturated carbocycles. The van der Waals surface area contributed by atoms with Crippen molar-refractivity contribution in [2.45, 2.75) is 11.8 Å². The van der Waals surface area contributed by atoms with Gasteiger partial charge in [0.2, 0.25) is 11.7 Å². The highest BCUT2D eigenvalue weighted by atomic mass is 32.2. The van der Waals surface area contributed by atoms with Gasteiger partial charge in [0.25, 0.3) is 10.0 Å². The van der Waals surface area contributed by atoms with Crippen LogP contribution in [0.25, 0.3) is 11.0 Å². The van der Waals surface area contributed by atoms with Crippen molar-refractivity contribution in [1.29, 1.82) is 0 Å². The fourth-order valence-electron chi connectivity index (χ4n) is 2.35. The average molecular weight is 390 g/mol. The smallest absolute Gasteiger partial charge is 0.360 e. The molecule has 0 radical (unpaired) electrons. The minimum atomic E-state index is -4.10. The fraction of sp³-hybridized carbons (Fsp3) is 0.0588. The third kappa shape index (κ3) is 3.70. The summed E-state index contributed by atoms with van der Waals surface area (Å²) in [5.74, 6) is -1.39. The lowest BCUT2D eigenvalue weighted by Crippen LogP contribution is -2.18. The Balaban J connectivity index is 1.96. The van der Waals surface area contributed by atoms with Gasteiger partial charge in [-0.2, -0.15) is 0 Å². The van der Waals surface area contributed by atoms with E-state index in [1.807, 2.05) is 0 Å². The zero-order valence-electron chi connectivity index (χ0n) is 13.9. The largest absolute Gasteiger partial charge is 0.504 e. The lowest BCUT2D eigenvalue weighted by Gasteiger charge is -2.09. The van der Waals surface area contributed by atoms with Gasteiger partial charge in [-0.05, 0) is 42.5 Å². The van der Waals surface area contributed by atoms with E-state index in [2.05, 4.69) is 10.0 Å². The van der Waals surface area contributed by atoms with Gasteiger partial charge in [-0.1, -0.05) is 0 Å². The summed E-state index contributed by atoms with van der Waals surface area (Å²) in [5.41, 5.74) is -1.25. The molecule has 0 aliphatic carbocycles. The molecule has 27 heavy (non-hydrogen) atoms. The van der Waals surface area contributed by atoms with E-state index < -0.39 is 27.1 Å². The maximum atomic E-state index is 12.5. The summed E-state index contributed by atoms with van der Waals surface area (Å²) in [4.78, 5) is 22.9. The second kappa shape index (κ2) is 6.65. The van der Waals surface area contributed by atoms with Crippen LogP contribution in [-0.2, 0) is 14.8 Å². The summed E-state index contributed by atoms with van der Waals surface area (Å²) < 4.78 is 32.0. The number of rotatable bonds is 4. The Bertz CT molecular complexity index is 1200. The molecule has 0 aliphatic heterocycles. The SMILES string of the molecule is CC(=O)Nc1ccc(S(=O)(=O)Nc2cc3ccc(O)c(O)c3oc2=O)cc1. The molecule has 1 aromatic heterocycles. The highest BCUT2D eigenvalue weighted by Gasteiger charge is 2.18. The van der Waals surface area contributed by atoms with Crippen molar-refractivity contribution in [1.82, 2.24) is 0 Å². The van der Waals surface area contributed by atoms with Crippen molar-refractivity contribution in [2.24, 2.45) is 0 Å². The molecule has 0 bridgehead atoms. The van der Waals surface area contributed by atoms with E-state index in [0.717, 1.165) is 0 Å². The third-order valence-corrected chi connectivity index (χ3v) is 4.97. The van der Waals surface area contributed by atoms with Crippen LogP contribution in [0.3, 0.4) is 0 Å². The molecule has 3 aromatic rings. The first-order chi connectivity index (χ1) is 12.7. The molecule has 3 rings (SSSR count). The third-order valence-electron chi connectivity index (χ3n) is 3.58. The number of carbonyl (C=O) groups excluding carboxylic acids is 1. The highest BCUT2D eigenvalue weighted by molar-refractivity contribution is 7.92. The Morgan fingerprint density at radius 1 is 1.07 bits per heavy atom. The summed E-state index contributed by atoms with van der Waals surface area (Å²) in [7, 11) is -4.10. The van der Waals surface area contributed by atoms with Crippen molar-refractivity contribution < 1.29 is 27.8 Å². The van der Waals surface area contributed by atoms with Crippen LogP contribution in [0.4, 0.5) is 11.4 Å². The number of anilines is 2. The van der Waals surface area contributed by atoms with Gasteiger partial charge in [-0.3, -0.25) is 9.52 Å². The second-order valence-corrected chi connectivity index (χ2v) is 7.29. The maximum Gasteiger partial charge on any atom is 0.360 e. The van der Waals surface area contributed by atoms with E-state index >= 15 is 0 Å². The maximum absolute atomic E-state index is 12.5. The number of hydrogen-bond acceptors (Lipinski definition) is 7. The monoisotopic (exact) mass is 390 g/mol. The van der Waals surface area contributed by atoms with Crippen LogP contribution in [0.15, 0.2) is 56.6 Å². The van der Waals surface area contributed by atoms with Gasteiger partial charge >= 0.3 is 5.63 Å². The molecule has 4 N–H and O–H groups in total. The number of phenols is 2. The number of benzene rings is 2. The molecule has 0 fully saturated rings. The topological polar surface area (TPSA) is 146 Å². The van der Waals surface area contributed by atoms with Gasteiger partial charge in [-0.15, -0.1) is 0 Å². The Morgan fingerprint density at radius 3 is 2.37 bits per heavy atom. The van der Waals surface area contributed by atoms with Crippen molar-refractivity contribution in [2.75, 3.05) is 10.0 Å². The minimum absolute atomic E-state index is 0.135. The van der Waals surface area contributed by atoms with E-state index in [-0.39, 0.29) is 27.5 Å². The number of fused-ring (bicyclic) bond motifs is 1. The highest BCUT2D eigenvalue weighted by Crippen LogP contribution is 2.33. The molecule has 9 nitrogen and oxygen atoms in total. The van der Waals surface area contributed by atoms with Crippen LogP contribution in [-0.4, -0.2) is 24.5 Å². The van der Waals surface area contributed by atoms with E-state index in [9.17, 15) is 28.2 Å². The predicted octanol–water partition coefficient (Wildman–Crippen LogP) is 1.96. The average Bonchev–Trinajstić information content (AvgIpc) is 2.59. The second-order valence-electron chi connectivity index (χ2n) is 5.61. The Hall–Kier alpha value is -3.53. The summed E-state index contributed by atoms with van der Waals surface area (Å²) in [6.07, 6.45) is 0. The van der Waals surface area contributed by atoms with Gasteiger partial charge in [0, 0.05) is 18.0 Å². The zero-order valence-corrected chi connectivity index (χ0v) is 14.7. The zero-order chi connectivity index (χ0) is 19.8. The van der Waals surface area contributed by atoms with E-state index in [4.69, 9.17) is 4.42 Å². The van der Waals surface area contributed by atoms with Crippen molar-refractivity contribution in [3.05, 3.63) is 52.9 Å². The first kappa shape index (κ1) is 18.3. The van der Waals surface area contributed by atoms with Crippen LogP contribution in [0.5, 0.6) is 11.5 Å². The molecule has 0 saturated heterocycles. The van der Waals surface area contributed by atoms with Crippen molar-refractivity contribution in [3.63, 3.8) is 0 Å². The van der Waals surface area contributed by atoms with E-state index in [1.54, 1.807) is 0 Å². The lowest BCUT2D eigenvalue weighted by molar-refractivity contribution is -0.114. The predicted molar refractivity (Wildman–Crippen MR) is 97.4 cm³/mol. The molecule has 2 aromatic carbocycles.